The number of rotatable bonds is 8. The second-order valence-electron chi connectivity index (χ2n) is 6.99. The van der Waals surface area contributed by atoms with Crippen LogP contribution in [0.25, 0.3) is 0 Å². The summed E-state index contributed by atoms with van der Waals surface area (Å²) in [6.07, 6.45) is 2.56. The molecule has 0 bridgehead atoms. The first-order valence-electron chi connectivity index (χ1n) is 9.82. The summed E-state index contributed by atoms with van der Waals surface area (Å²) in [5.41, 5.74) is 1.15. The molecule has 0 saturated carbocycles. The fraction of sp³-hybridized carbons (Fsp3) is 0.500. The number of aryl methyl sites for hydroxylation is 1. The van der Waals surface area contributed by atoms with E-state index in [1.165, 1.54) is 0 Å². The largest absolute Gasteiger partial charge is 0.356 e. The fourth-order valence-corrected chi connectivity index (χ4v) is 3.11. The Morgan fingerprint density at radius 2 is 2.00 bits per heavy atom. The molecular formula is C20H30IN7O. The Kier molecular flexibility index (Phi) is 9.36. The number of halogens is 1. The molecule has 1 saturated heterocycles. The molecule has 9 heteroatoms. The van der Waals surface area contributed by atoms with Crippen LogP contribution in [0.2, 0.25) is 0 Å². The highest BCUT2D eigenvalue weighted by Gasteiger charge is 2.19. The number of amides is 1. The average molecular weight is 511 g/mol. The van der Waals surface area contributed by atoms with E-state index in [2.05, 4.69) is 38.0 Å². The van der Waals surface area contributed by atoms with Crippen molar-refractivity contribution in [1.29, 1.82) is 0 Å². The van der Waals surface area contributed by atoms with E-state index in [0.717, 1.165) is 55.6 Å². The highest BCUT2D eigenvalue weighted by atomic mass is 127. The third-order valence-electron chi connectivity index (χ3n) is 4.93. The molecule has 0 spiro atoms. The van der Waals surface area contributed by atoms with Gasteiger partial charge in [0.25, 0.3) is 0 Å². The lowest BCUT2D eigenvalue weighted by Gasteiger charge is -2.17. The minimum atomic E-state index is 0. The minimum Gasteiger partial charge on any atom is -0.356 e. The first kappa shape index (κ1) is 23.1. The second kappa shape index (κ2) is 11.7. The van der Waals surface area contributed by atoms with Crippen molar-refractivity contribution >= 4 is 35.8 Å². The van der Waals surface area contributed by atoms with Gasteiger partial charge in [0.2, 0.25) is 5.91 Å². The molecule has 1 aromatic heterocycles. The standard InChI is InChI=1S/C20H29N7O.HI/c1-16-24-25-18(26(16)2)15-23-20(22-14-17-8-4-3-5-9-17)21-11-7-13-27-12-6-10-19(27)28;/h3-5,8-9H,6-7,10-15H2,1-2H3,(H2,21,22,23);1H. The van der Waals surface area contributed by atoms with Crippen LogP contribution in [0.5, 0.6) is 0 Å². The third kappa shape index (κ3) is 6.98. The number of carbonyl (C=O) groups excluding carboxylic acids is 1. The van der Waals surface area contributed by atoms with E-state index in [0.29, 0.717) is 19.5 Å². The molecule has 0 aliphatic carbocycles. The summed E-state index contributed by atoms with van der Waals surface area (Å²) in [4.78, 5) is 18.3. The Hall–Kier alpha value is -2.17. The highest BCUT2D eigenvalue weighted by Crippen LogP contribution is 2.09. The molecular weight excluding hydrogens is 481 g/mol. The van der Waals surface area contributed by atoms with Crippen LogP contribution >= 0.6 is 24.0 Å². The number of nitrogens with zero attached hydrogens (tertiary/aromatic N) is 5. The van der Waals surface area contributed by atoms with Crippen LogP contribution in [-0.2, 0) is 24.9 Å². The number of hydrogen-bond acceptors (Lipinski definition) is 4. The van der Waals surface area contributed by atoms with Gasteiger partial charge in [0.1, 0.15) is 5.82 Å². The van der Waals surface area contributed by atoms with Crippen molar-refractivity contribution in [2.24, 2.45) is 12.0 Å². The summed E-state index contributed by atoms with van der Waals surface area (Å²) in [7, 11) is 1.95. The summed E-state index contributed by atoms with van der Waals surface area (Å²) in [5, 5.41) is 15.0. The van der Waals surface area contributed by atoms with Gasteiger partial charge in [-0.3, -0.25) is 4.79 Å². The summed E-state index contributed by atoms with van der Waals surface area (Å²) >= 11 is 0. The predicted molar refractivity (Wildman–Crippen MR) is 124 cm³/mol. The zero-order valence-corrected chi connectivity index (χ0v) is 19.4. The van der Waals surface area contributed by atoms with Crippen LogP contribution in [0, 0.1) is 6.92 Å². The molecule has 2 heterocycles. The summed E-state index contributed by atoms with van der Waals surface area (Å²) < 4.78 is 1.96. The molecule has 0 atom stereocenters. The van der Waals surface area contributed by atoms with Crippen molar-refractivity contribution in [2.75, 3.05) is 19.6 Å². The quantitative estimate of drug-likeness (QED) is 0.245. The van der Waals surface area contributed by atoms with Crippen LogP contribution < -0.4 is 10.6 Å². The van der Waals surface area contributed by atoms with E-state index in [4.69, 9.17) is 0 Å². The number of hydrogen-bond donors (Lipinski definition) is 2. The number of guanidine groups is 1. The van der Waals surface area contributed by atoms with Gasteiger partial charge in [0.15, 0.2) is 11.8 Å². The maximum Gasteiger partial charge on any atom is 0.222 e. The summed E-state index contributed by atoms with van der Waals surface area (Å²) in [6.45, 7) is 5.50. The molecule has 29 heavy (non-hydrogen) atoms. The first-order chi connectivity index (χ1) is 13.6. The third-order valence-corrected chi connectivity index (χ3v) is 4.93. The average Bonchev–Trinajstić information content (AvgIpc) is 3.27. The van der Waals surface area contributed by atoms with Crippen molar-refractivity contribution < 1.29 is 4.79 Å². The van der Waals surface area contributed by atoms with Gasteiger partial charge in [0.05, 0.1) is 13.1 Å². The second-order valence-corrected chi connectivity index (χ2v) is 6.99. The molecule has 1 amide bonds. The molecule has 1 aliphatic rings. The van der Waals surface area contributed by atoms with Gasteiger partial charge in [-0.1, -0.05) is 30.3 Å². The maximum atomic E-state index is 11.7. The van der Waals surface area contributed by atoms with Crippen LogP contribution in [0.4, 0.5) is 0 Å². The Labute approximate surface area is 189 Å². The lowest BCUT2D eigenvalue weighted by Crippen LogP contribution is -2.39. The molecule has 2 aromatic rings. The van der Waals surface area contributed by atoms with Crippen LogP contribution in [0.15, 0.2) is 35.3 Å². The Morgan fingerprint density at radius 3 is 2.66 bits per heavy atom. The van der Waals surface area contributed by atoms with Crippen molar-refractivity contribution in [3.05, 3.63) is 47.5 Å². The van der Waals surface area contributed by atoms with Gasteiger partial charge in [-0.05, 0) is 25.3 Å². The zero-order valence-electron chi connectivity index (χ0n) is 17.1. The monoisotopic (exact) mass is 511 g/mol. The number of aliphatic imine (C=N–C) groups is 1. The van der Waals surface area contributed by atoms with Gasteiger partial charge in [-0.2, -0.15) is 0 Å². The van der Waals surface area contributed by atoms with Gasteiger partial charge in [0, 0.05) is 33.1 Å². The van der Waals surface area contributed by atoms with Crippen molar-refractivity contribution in [1.82, 2.24) is 30.3 Å². The SMILES string of the molecule is Cc1nnc(CNC(=NCc2ccccc2)NCCCN2CCCC2=O)n1C.I. The van der Waals surface area contributed by atoms with E-state index in [1.54, 1.807) is 0 Å². The number of likely N-dealkylation sites (tertiary alicyclic amines) is 1. The topological polar surface area (TPSA) is 87.4 Å². The van der Waals surface area contributed by atoms with E-state index in [1.807, 2.05) is 41.6 Å². The zero-order chi connectivity index (χ0) is 19.8. The Morgan fingerprint density at radius 1 is 1.21 bits per heavy atom. The van der Waals surface area contributed by atoms with E-state index >= 15 is 0 Å². The fourth-order valence-electron chi connectivity index (χ4n) is 3.11. The summed E-state index contributed by atoms with van der Waals surface area (Å²) in [5.74, 6) is 2.74. The van der Waals surface area contributed by atoms with E-state index < -0.39 is 0 Å². The molecule has 1 fully saturated rings. The molecule has 0 radical (unpaired) electrons. The van der Waals surface area contributed by atoms with Gasteiger partial charge in [-0.25, -0.2) is 4.99 Å². The smallest absolute Gasteiger partial charge is 0.222 e. The predicted octanol–water partition coefficient (Wildman–Crippen LogP) is 1.99. The number of benzene rings is 1. The molecule has 158 valence electrons. The molecule has 2 N–H and O–H groups in total. The Balaban J connectivity index is 0.00000300. The molecule has 0 unspecified atom stereocenters. The highest BCUT2D eigenvalue weighted by molar-refractivity contribution is 14.0. The molecule has 3 rings (SSSR count). The van der Waals surface area contributed by atoms with Crippen LogP contribution in [0.1, 0.15) is 36.5 Å². The normalized spacial score (nSPS) is 14.1. The summed E-state index contributed by atoms with van der Waals surface area (Å²) in [6, 6.07) is 10.2. The first-order valence-corrected chi connectivity index (χ1v) is 9.82. The van der Waals surface area contributed by atoms with Crippen molar-refractivity contribution in [3.8, 4) is 0 Å². The number of nitrogens with one attached hydrogen (secondary N) is 2. The lowest BCUT2D eigenvalue weighted by molar-refractivity contribution is -0.127. The number of aromatic nitrogens is 3. The molecule has 1 aromatic carbocycles. The minimum absolute atomic E-state index is 0. The Bertz CT molecular complexity index is 806. The maximum absolute atomic E-state index is 11.7. The van der Waals surface area contributed by atoms with Crippen LogP contribution in [-0.4, -0.2) is 51.2 Å². The van der Waals surface area contributed by atoms with Crippen molar-refractivity contribution in [3.63, 3.8) is 0 Å². The van der Waals surface area contributed by atoms with E-state index in [-0.39, 0.29) is 29.9 Å². The van der Waals surface area contributed by atoms with Gasteiger partial charge >= 0.3 is 0 Å². The van der Waals surface area contributed by atoms with Gasteiger partial charge < -0.3 is 20.1 Å². The lowest BCUT2D eigenvalue weighted by atomic mass is 10.2. The molecule has 1 aliphatic heterocycles. The van der Waals surface area contributed by atoms with Crippen LogP contribution in [0.3, 0.4) is 0 Å². The number of carbonyl (C=O) groups is 1. The van der Waals surface area contributed by atoms with Gasteiger partial charge in [-0.15, -0.1) is 34.2 Å². The van der Waals surface area contributed by atoms with Crippen molar-refractivity contribution in [2.45, 2.75) is 39.3 Å². The molecule has 8 nitrogen and oxygen atoms in total. The van der Waals surface area contributed by atoms with E-state index in [9.17, 15) is 4.79 Å².